The number of aliphatic hydroxyl groups is 1. The van der Waals surface area contributed by atoms with E-state index in [1.54, 1.807) is 0 Å². The van der Waals surface area contributed by atoms with Crippen molar-refractivity contribution in [3.05, 3.63) is 0 Å². The van der Waals surface area contributed by atoms with Crippen LogP contribution in [-0.4, -0.2) is 49.6 Å². The van der Waals surface area contributed by atoms with Gasteiger partial charge in [0.05, 0.1) is 18.3 Å². The topological polar surface area (TPSA) is 67.8 Å². The van der Waals surface area contributed by atoms with Crippen molar-refractivity contribution < 1.29 is 19.4 Å². The van der Waals surface area contributed by atoms with Crippen LogP contribution in [-0.2, 0) is 14.3 Å². The molecule has 0 aliphatic heterocycles. The van der Waals surface area contributed by atoms with E-state index in [1.807, 2.05) is 20.8 Å². The standard InChI is InChI=1S/C11H23NO4/c1-11(2,3)16-8-10(14)12-6-5-9(13)7-15-4/h9,13H,5-8H2,1-4H3,(H,12,14). The second-order valence-electron chi connectivity index (χ2n) is 4.65. The summed E-state index contributed by atoms with van der Waals surface area (Å²) in [7, 11) is 1.53. The molecule has 0 aromatic heterocycles. The molecule has 5 nitrogen and oxygen atoms in total. The van der Waals surface area contributed by atoms with Crippen LogP contribution in [0.5, 0.6) is 0 Å². The van der Waals surface area contributed by atoms with Gasteiger partial charge in [-0.25, -0.2) is 0 Å². The lowest BCUT2D eigenvalue weighted by molar-refractivity contribution is -0.130. The Balaban J connectivity index is 3.51. The van der Waals surface area contributed by atoms with Crippen LogP contribution in [0.3, 0.4) is 0 Å². The molecule has 2 N–H and O–H groups in total. The van der Waals surface area contributed by atoms with Crippen LogP contribution in [0.4, 0.5) is 0 Å². The molecule has 0 heterocycles. The van der Waals surface area contributed by atoms with Gasteiger partial charge in [0.25, 0.3) is 0 Å². The largest absolute Gasteiger partial charge is 0.391 e. The second kappa shape index (κ2) is 7.60. The zero-order valence-electron chi connectivity index (χ0n) is 10.6. The maximum Gasteiger partial charge on any atom is 0.246 e. The van der Waals surface area contributed by atoms with Gasteiger partial charge < -0.3 is 19.9 Å². The van der Waals surface area contributed by atoms with Gasteiger partial charge in [0, 0.05) is 13.7 Å². The summed E-state index contributed by atoms with van der Waals surface area (Å²) >= 11 is 0. The highest BCUT2D eigenvalue weighted by molar-refractivity contribution is 5.77. The smallest absolute Gasteiger partial charge is 0.246 e. The van der Waals surface area contributed by atoms with Gasteiger partial charge in [0.2, 0.25) is 5.91 Å². The molecule has 16 heavy (non-hydrogen) atoms. The van der Waals surface area contributed by atoms with Crippen LogP contribution in [0.15, 0.2) is 0 Å². The van der Waals surface area contributed by atoms with Crippen LogP contribution in [0.1, 0.15) is 27.2 Å². The second-order valence-corrected chi connectivity index (χ2v) is 4.65. The predicted octanol–water partition coefficient (Wildman–Crippen LogP) is 0.315. The molecule has 0 spiro atoms. The van der Waals surface area contributed by atoms with Crippen molar-refractivity contribution in [1.82, 2.24) is 5.32 Å². The lowest BCUT2D eigenvalue weighted by Crippen LogP contribution is -2.34. The van der Waals surface area contributed by atoms with E-state index in [2.05, 4.69) is 5.32 Å². The van der Waals surface area contributed by atoms with Crippen molar-refractivity contribution in [1.29, 1.82) is 0 Å². The molecule has 1 unspecified atom stereocenters. The fourth-order valence-electron chi connectivity index (χ4n) is 0.987. The Morgan fingerprint density at radius 3 is 2.56 bits per heavy atom. The van der Waals surface area contributed by atoms with Crippen LogP contribution in [0.25, 0.3) is 0 Å². The first kappa shape index (κ1) is 15.3. The van der Waals surface area contributed by atoms with Crippen molar-refractivity contribution >= 4 is 5.91 Å². The highest BCUT2D eigenvalue weighted by Crippen LogP contribution is 2.05. The van der Waals surface area contributed by atoms with Gasteiger partial charge in [-0.3, -0.25) is 4.79 Å². The Labute approximate surface area is 97.1 Å². The average Bonchev–Trinajstić information content (AvgIpc) is 2.14. The van der Waals surface area contributed by atoms with E-state index < -0.39 is 6.10 Å². The van der Waals surface area contributed by atoms with Crippen molar-refractivity contribution in [3.8, 4) is 0 Å². The van der Waals surface area contributed by atoms with E-state index in [1.165, 1.54) is 7.11 Å². The van der Waals surface area contributed by atoms with E-state index in [9.17, 15) is 9.90 Å². The zero-order valence-corrected chi connectivity index (χ0v) is 10.6. The molecule has 96 valence electrons. The van der Waals surface area contributed by atoms with E-state index in [0.29, 0.717) is 13.0 Å². The van der Waals surface area contributed by atoms with Crippen LogP contribution < -0.4 is 5.32 Å². The summed E-state index contributed by atoms with van der Waals surface area (Å²) < 4.78 is 10.1. The lowest BCUT2D eigenvalue weighted by Gasteiger charge is -2.19. The maximum absolute atomic E-state index is 11.3. The number of aliphatic hydroxyl groups excluding tert-OH is 1. The summed E-state index contributed by atoms with van der Waals surface area (Å²) in [4.78, 5) is 11.3. The van der Waals surface area contributed by atoms with Gasteiger partial charge in [-0.15, -0.1) is 0 Å². The summed E-state index contributed by atoms with van der Waals surface area (Å²) in [6.07, 6.45) is -0.0522. The monoisotopic (exact) mass is 233 g/mol. The number of methoxy groups -OCH3 is 1. The molecule has 0 aliphatic rings. The molecule has 1 atom stereocenters. The number of hydrogen-bond acceptors (Lipinski definition) is 4. The van der Waals surface area contributed by atoms with E-state index in [0.717, 1.165) is 0 Å². The fraction of sp³-hybridized carbons (Fsp3) is 0.909. The molecular formula is C11H23NO4. The van der Waals surface area contributed by atoms with Crippen LogP contribution in [0, 0.1) is 0 Å². The van der Waals surface area contributed by atoms with Crippen LogP contribution >= 0.6 is 0 Å². The minimum absolute atomic E-state index is 0.0455. The summed E-state index contributed by atoms with van der Waals surface area (Å²) in [6.45, 7) is 6.43. The number of nitrogens with one attached hydrogen (secondary N) is 1. The lowest BCUT2D eigenvalue weighted by atomic mass is 10.2. The molecule has 0 saturated carbocycles. The Kier molecular flexibility index (Phi) is 7.29. The summed E-state index contributed by atoms with van der Waals surface area (Å²) in [6, 6.07) is 0. The first-order chi connectivity index (χ1) is 7.35. The van der Waals surface area contributed by atoms with Gasteiger partial charge >= 0.3 is 0 Å². The number of hydrogen-bond donors (Lipinski definition) is 2. The van der Waals surface area contributed by atoms with E-state index >= 15 is 0 Å². The van der Waals surface area contributed by atoms with Crippen molar-refractivity contribution in [3.63, 3.8) is 0 Å². The quantitative estimate of drug-likeness (QED) is 0.664. The molecular weight excluding hydrogens is 210 g/mol. The highest BCUT2D eigenvalue weighted by atomic mass is 16.5. The Bertz CT molecular complexity index is 201. The molecule has 0 saturated heterocycles. The van der Waals surface area contributed by atoms with Gasteiger partial charge in [0.15, 0.2) is 0 Å². The fourth-order valence-corrected chi connectivity index (χ4v) is 0.987. The summed E-state index contributed by atoms with van der Waals surface area (Å²) in [5, 5.41) is 12.0. The van der Waals surface area contributed by atoms with Crippen LogP contribution in [0.2, 0.25) is 0 Å². The van der Waals surface area contributed by atoms with E-state index in [-0.39, 0.29) is 24.7 Å². The number of amides is 1. The van der Waals surface area contributed by atoms with Crippen molar-refractivity contribution in [2.24, 2.45) is 0 Å². The third kappa shape index (κ3) is 9.89. The van der Waals surface area contributed by atoms with E-state index in [4.69, 9.17) is 9.47 Å². The number of rotatable bonds is 7. The zero-order chi connectivity index (χ0) is 12.6. The van der Waals surface area contributed by atoms with Crippen molar-refractivity contribution in [2.45, 2.75) is 38.9 Å². The Morgan fingerprint density at radius 2 is 2.06 bits per heavy atom. The third-order valence-corrected chi connectivity index (χ3v) is 1.80. The molecule has 5 heteroatoms. The SMILES string of the molecule is COCC(O)CCNC(=O)COC(C)(C)C. The highest BCUT2D eigenvalue weighted by Gasteiger charge is 2.12. The molecule has 0 radical (unpaired) electrons. The molecule has 1 amide bonds. The van der Waals surface area contributed by atoms with Gasteiger partial charge in [-0.05, 0) is 27.2 Å². The minimum atomic E-state index is -0.533. The average molecular weight is 233 g/mol. The third-order valence-electron chi connectivity index (χ3n) is 1.80. The Hall–Kier alpha value is -0.650. The first-order valence-corrected chi connectivity index (χ1v) is 5.43. The van der Waals surface area contributed by atoms with Gasteiger partial charge in [0.1, 0.15) is 6.61 Å². The molecule has 0 aromatic carbocycles. The van der Waals surface area contributed by atoms with Crippen molar-refractivity contribution in [2.75, 3.05) is 26.9 Å². The molecule has 0 aliphatic carbocycles. The number of carbonyl (C=O) groups is 1. The summed E-state index contributed by atoms with van der Waals surface area (Å²) in [5.74, 6) is -0.167. The minimum Gasteiger partial charge on any atom is -0.391 e. The molecule has 0 rings (SSSR count). The molecule has 0 bridgehead atoms. The number of carbonyl (C=O) groups excluding carboxylic acids is 1. The normalized spacial score (nSPS) is 13.6. The molecule has 0 aromatic rings. The maximum atomic E-state index is 11.3. The van der Waals surface area contributed by atoms with Gasteiger partial charge in [-0.1, -0.05) is 0 Å². The first-order valence-electron chi connectivity index (χ1n) is 5.43. The Morgan fingerprint density at radius 1 is 1.44 bits per heavy atom. The number of ether oxygens (including phenoxy) is 2. The molecule has 0 fully saturated rings. The summed E-state index contributed by atoms with van der Waals surface area (Å²) in [5.41, 5.74) is -0.313. The van der Waals surface area contributed by atoms with Gasteiger partial charge in [-0.2, -0.15) is 0 Å². The predicted molar refractivity (Wildman–Crippen MR) is 61.2 cm³/mol.